The Labute approximate surface area is 127 Å². The summed E-state index contributed by atoms with van der Waals surface area (Å²) in [4.78, 5) is 15.4. The first-order chi connectivity index (χ1) is 9.56. The molecule has 0 atom stereocenters. The molecule has 1 N–H and O–H groups in total. The average Bonchev–Trinajstić information content (AvgIpc) is 2.84. The van der Waals surface area contributed by atoms with Gasteiger partial charge in [-0.15, -0.1) is 0 Å². The number of H-pyrrole nitrogens is 1. The van der Waals surface area contributed by atoms with E-state index in [4.69, 9.17) is 11.6 Å². The largest absolute Gasteiger partial charge is 0.360 e. The van der Waals surface area contributed by atoms with E-state index in [9.17, 15) is 9.18 Å². The number of carbonyl (C=O) groups excluding carboxylic acids is 1. The lowest BCUT2D eigenvalue weighted by molar-refractivity contribution is 0.104. The summed E-state index contributed by atoms with van der Waals surface area (Å²) in [5, 5.41) is 1.02. The number of aromatic amines is 1. The van der Waals surface area contributed by atoms with Crippen LogP contribution < -0.4 is 0 Å². The highest BCUT2D eigenvalue weighted by Crippen LogP contribution is 2.26. The van der Waals surface area contributed by atoms with E-state index in [2.05, 4.69) is 20.9 Å². The van der Waals surface area contributed by atoms with Crippen molar-refractivity contribution in [3.63, 3.8) is 0 Å². The number of fused-ring (bicyclic) bond motifs is 1. The molecule has 1 heterocycles. The van der Waals surface area contributed by atoms with E-state index in [1.807, 2.05) is 0 Å². The molecule has 3 aromatic rings. The van der Waals surface area contributed by atoms with Crippen molar-refractivity contribution in [1.29, 1.82) is 0 Å². The van der Waals surface area contributed by atoms with Gasteiger partial charge in [-0.2, -0.15) is 0 Å². The third-order valence-corrected chi connectivity index (χ3v) is 4.30. The van der Waals surface area contributed by atoms with Crippen LogP contribution in [0.5, 0.6) is 0 Å². The first-order valence-corrected chi connectivity index (χ1v) is 7.00. The molecule has 2 nitrogen and oxygen atoms in total. The van der Waals surface area contributed by atoms with Crippen molar-refractivity contribution in [2.75, 3.05) is 0 Å². The van der Waals surface area contributed by atoms with Crippen LogP contribution in [0.4, 0.5) is 4.39 Å². The molecular weight excluding hydrogens is 345 g/mol. The molecular formula is C15H8BrClFNO. The number of aromatic nitrogens is 1. The standard InChI is InChI=1S/C15H8BrClFNO/c16-12-3-1-8(5-13(12)17)15(20)11-7-19-14-4-2-9(18)6-10(11)14/h1-7,19H. The van der Waals surface area contributed by atoms with Crippen molar-refractivity contribution in [2.24, 2.45) is 0 Å². The number of hydrogen-bond donors (Lipinski definition) is 1. The molecule has 0 aliphatic heterocycles. The normalized spacial score (nSPS) is 10.9. The summed E-state index contributed by atoms with van der Waals surface area (Å²) in [5.74, 6) is -0.573. The summed E-state index contributed by atoms with van der Waals surface area (Å²) in [7, 11) is 0. The van der Waals surface area contributed by atoms with E-state index < -0.39 is 0 Å². The smallest absolute Gasteiger partial charge is 0.195 e. The van der Waals surface area contributed by atoms with Crippen LogP contribution in [-0.4, -0.2) is 10.8 Å². The molecule has 0 aliphatic rings. The van der Waals surface area contributed by atoms with Crippen LogP contribution in [0.2, 0.25) is 5.02 Å². The lowest BCUT2D eigenvalue weighted by atomic mass is 10.0. The van der Waals surface area contributed by atoms with Gasteiger partial charge in [0.15, 0.2) is 5.78 Å². The van der Waals surface area contributed by atoms with Crippen LogP contribution in [0.3, 0.4) is 0 Å². The van der Waals surface area contributed by atoms with Crippen molar-refractivity contribution in [1.82, 2.24) is 4.98 Å². The molecule has 100 valence electrons. The van der Waals surface area contributed by atoms with Crippen LogP contribution in [0.25, 0.3) is 10.9 Å². The van der Waals surface area contributed by atoms with Crippen LogP contribution in [0, 0.1) is 5.82 Å². The third-order valence-electron chi connectivity index (χ3n) is 3.07. The topological polar surface area (TPSA) is 32.9 Å². The first-order valence-electron chi connectivity index (χ1n) is 5.82. The first kappa shape index (κ1) is 13.3. The zero-order valence-electron chi connectivity index (χ0n) is 10.1. The molecule has 0 bridgehead atoms. The van der Waals surface area contributed by atoms with Gasteiger partial charge in [-0.05, 0) is 52.3 Å². The van der Waals surface area contributed by atoms with Crippen molar-refractivity contribution < 1.29 is 9.18 Å². The van der Waals surface area contributed by atoms with Crippen LogP contribution in [0.1, 0.15) is 15.9 Å². The summed E-state index contributed by atoms with van der Waals surface area (Å²) in [6, 6.07) is 9.28. The summed E-state index contributed by atoms with van der Waals surface area (Å²) in [6.07, 6.45) is 1.59. The molecule has 0 saturated carbocycles. The highest BCUT2D eigenvalue weighted by molar-refractivity contribution is 9.10. The van der Waals surface area contributed by atoms with Gasteiger partial charge in [0.1, 0.15) is 5.82 Å². The lowest BCUT2D eigenvalue weighted by Crippen LogP contribution is -2.00. The summed E-state index contributed by atoms with van der Waals surface area (Å²) < 4.78 is 14.0. The van der Waals surface area contributed by atoms with Crippen LogP contribution in [0.15, 0.2) is 47.1 Å². The van der Waals surface area contributed by atoms with Gasteiger partial charge in [-0.1, -0.05) is 11.6 Å². The number of ketones is 1. The second-order valence-corrected chi connectivity index (χ2v) is 5.61. The van der Waals surface area contributed by atoms with E-state index in [1.54, 1.807) is 30.5 Å². The zero-order chi connectivity index (χ0) is 14.3. The second kappa shape index (κ2) is 5.04. The highest BCUT2D eigenvalue weighted by atomic mass is 79.9. The summed E-state index contributed by atoms with van der Waals surface area (Å²) in [6.45, 7) is 0. The van der Waals surface area contributed by atoms with Crippen molar-refractivity contribution in [2.45, 2.75) is 0 Å². The number of carbonyl (C=O) groups is 1. The van der Waals surface area contributed by atoms with E-state index in [-0.39, 0.29) is 11.6 Å². The second-order valence-electron chi connectivity index (χ2n) is 4.35. The molecule has 20 heavy (non-hydrogen) atoms. The van der Waals surface area contributed by atoms with Gasteiger partial charge in [0.05, 0.1) is 5.02 Å². The molecule has 0 aliphatic carbocycles. The van der Waals surface area contributed by atoms with Crippen molar-refractivity contribution in [3.8, 4) is 0 Å². The SMILES string of the molecule is O=C(c1ccc(Br)c(Cl)c1)c1c[nH]c2ccc(F)cc12. The predicted molar refractivity (Wildman–Crippen MR) is 80.8 cm³/mol. The van der Waals surface area contributed by atoms with Gasteiger partial charge >= 0.3 is 0 Å². The number of hydrogen-bond acceptors (Lipinski definition) is 1. The summed E-state index contributed by atoms with van der Waals surface area (Å²) in [5.41, 5.74) is 1.61. The highest BCUT2D eigenvalue weighted by Gasteiger charge is 2.15. The number of benzene rings is 2. The van der Waals surface area contributed by atoms with E-state index in [0.29, 0.717) is 21.5 Å². The Morgan fingerprint density at radius 2 is 2.00 bits per heavy atom. The van der Waals surface area contributed by atoms with Gasteiger partial charge in [-0.25, -0.2) is 4.39 Å². The maximum Gasteiger partial charge on any atom is 0.195 e. The predicted octanol–water partition coefficient (Wildman–Crippen LogP) is 4.95. The van der Waals surface area contributed by atoms with Crippen LogP contribution >= 0.6 is 27.5 Å². The molecule has 0 fully saturated rings. The van der Waals surface area contributed by atoms with E-state index in [0.717, 1.165) is 9.99 Å². The maximum absolute atomic E-state index is 13.3. The molecule has 0 unspecified atom stereocenters. The van der Waals surface area contributed by atoms with Crippen LogP contribution in [-0.2, 0) is 0 Å². The molecule has 3 rings (SSSR count). The molecule has 5 heteroatoms. The fraction of sp³-hybridized carbons (Fsp3) is 0. The monoisotopic (exact) mass is 351 g/mol. The number of halogens is 3. The molecule has 0 radical (unpaired) electrons. The fourth-order valence-electron chi connectivity index (χ4n) is 2.07. The minimum atomic E-state index is -0.375. The van der Waals surface area contributed by atoms with Gasteiger partial charge in [0.25, 0.3) is 0 Å². The van der Waals surface area contributed by atoms with Gasteiger partial charge < -0.3 is 4.98 Å². The van der Waals surface area contributed by atoms with E-state index in [1.165, 1.54) is 12.1 Å². The minimum absolute atomic E-state index is 0.198. The maximum atomic E-state index is 13.3. The van der Waals surface area contributed by atoms with Gasteiger partial charge in [0, 0.05) is 32.7 Å². The third kappa shape index (κ3) is 2.25. The average molecular weight is 353 g/mol. The Hall–Kier alpha value is -1.65. The Kier molecular flexibility index (Phi) is 3.36. The van der Waals surface area contributed by atoms with Crippen molar-refractivity contribution in [3.05, 3.63) is 69.0 Å². The lowest BCUT2D eigenvalue weighted by Gasteiger charge is -2.02. The Bertz CT molecular complexity index is 828. The fourth-order valence-corrected chi connectivity index (χ4v) is 2.50. The Morgan fingerprint density at radius 3 is 2.75 bits per heavy atom. The number of nitrogens with one attached hydrogen (secondary N) is 1. The van der Waals surface area contributed by atoms with E-state index >= 15 is 0 Å². The Balaban J connectivity index is 2.12. The molecule has 2 aromatic carbocycles. The molecule has 0 amide bonds. The van der Waals surface area contributed by atoms with Gasteiger partial charge in [-0.3, -0.25) is 4.79 Å². The molecule has 0 saturated heterocycles. The van der Waals surface area contributed by atoms with Crippen molar-refractivity contribution >= 4 is 44.2 Å². The zero-order valence-corrected chi connectivity index (χ0v) is 12.4. The minimum Gasteiger partial charge on any atom is -0.360 e. The van der Waals surface area contributed by atoms with Gasteiger partial charge in [0.2, 0.25) is 0 Å². The molecule has 1 aromatic heterocycles. The molecule has 0 spiro atoms. The Morgan fingerprint density at radius 1 is 1.20 bits per heavy atom. The number of rotatable bonds is 2. The summed E-state index contributed by atoms with van der Waals surface area (Å²) >= 11 is 9.27. The quantitative estimate of drug-likeness (QED) is 0.650.